The number of aromatic nitrogens is 1. The standard InChI is InChI=1S/C16H19NO2/c1-3-11-5-4-6-13-14(8-17-15(11)13)16(18)12-7-10(2)19-9-12/h4-6,8,10,12,17H,3,7,9H2,1-2H3. The second-order valence-corrected chi connectivity index (χ2v) is 5.34. The molecule has 100 valence electrons. The second kappa shape index (κ2) is 4.82. The lowest BCUT2D eigenvalue weighted by Gasteiger charge is -2.06. The van der Waals surface area contributed by atoms with Gasteiger partial charge in [0.05, 0.1) is 12.7 Å². The van der Waals surface area contributed by atoms with E-state index in [0.29, 0.717) is 6.61 Å². The normalized spacial score (nSPS) is 23.1. The van der Waals surface area contributed by atoms with E-state index in [9.17, 15) is 4.79 Å². The minimum absolute atomic E-state index is 0.0132. The zero-order chi connectivity index (χ0) is 13.4. The Labute approximate surface area is 113 Å². The van der Waals surface area contributed by atoms with Crippen molar-refractivity contribution in [2.75, 3.05) is 6.61 Å². The molecule has 0 saturated carbocycles. The van der Waals surface area contributed by atoms with Crippen molar-refractivity contribution in [3.63, 3.8) is 0 Å². The van der Waals surface area contributed by atoms with E-state index in [1.165, 1.54) is 5.56 Å². The highest BCUT2D eigenvalue weighted by atomic mass is 16.5. The molecule has 0 amide bonds. The number of para-hydroxylation sites is 1. The van der Waals surface area contributed by atoms with E-state index < -0.39 is 0 Å². The highest BCUT2D eigenvalue weighted by Crippen LogP contribution is 2.28. The first-order valence-corrected chi connectivity index (χ1v) is 6.95. The number of hydrogen-bond donors (Lipinski definition) is 1. The molecule has 1 aromatic carbocycles. The molecule has 3 rings (SSSR count). The molecule has 0 radical (unpaired) electrons. The number of rotatable bonds is 3. The molecule has 1 aliphatic heterocycles. The SMILES string of the molecule is CCc1cccc2c(C(=O)C3COC(C)C3)c[nH]c12. The van der Waals surface area contributed by atoms with E-state index in [2.05, 4.69) is 18.0 Å². The average molecular weight is 257 g/mol. The van der Waals surface area contributed by atoms with Gasteiger partial charge in [0, 0.05) is 28.6 Å². The van der Waals surface area contributed by atoms with Crippen molar-refractivity contribution < 1.29 is 9.53 Å². The van der Waals surface area contributed by atoms with E-state index in [0.717, 1.165) is 29.3 Å². The summed E-state index contributed by atoms with van der Waals surface area (Å²) in [6.07, 6.45) is 3.86. The number of aromatic amines is 1. The van der Waals surface area contributed by atoms with E-state index in [4.69, 9.17) is 4.74 Å². The highest BCUT2D eigenvalue weighted by Gasteiger charge is 2.30. The fourth-order valence-electron chi connectivity index (χ4n) is 2.94. The Morgan fingerprint density at radius 3 is 3.00 bits per heavy atom. The zero-order valence-electron chi connectivity index (χ0n) is 11.4. The third kappa shape index (κ3) is 2.08. The van der Waals surface area contributed by atoms with E-state index in [1.807, 2.05) is 25.3 Å². The number of hydrogen-bond acceptors (Lipinski definition) is 2. The molecule has 3 heteroatoms. The first-order valence-electron chi connectivity index (χ1n) is 6.95. The van der Waals surface area contributed by atoms with Crippen molar-refractivity contribution in [3.8, 4) is 0 Å². The van der Waals surface area contributed by atoms with Crippen LogP contribution in [0.25, 0.3) is 10.9 Å². The Bertz CT molecular complexity index is 614. The van der Waals surface area contributed by atoms with Crippen LogP contribution in [0.1, 0.15) is 36.2 Å². The molecule has 0 aliphatic carbocycles. The first-order chi connectivity index (χ1) is 9.20. The quantitative estimate of drug-likeness (QED) is 0.857. The molecule has 19 heavy (non-hydrogen) atoms. The highest BCUT2D eigenvalue weighted by molar-refractivity contribution is 6.09. The summed E-state index contributed by atoms with van der Waals surface area (Å²) in [5, 5.41) is 1.05. The number of carbonyl (C=O) groups excluding carboxylic acids is 1. The van der Waals surface area contributed by atoms with Crippen molar-refractivity contribution in [2.45, 2.75) is 32.8 Å². The van der Waals surface area contributed by atoms with Crippen LogP contribution in [0.4, 0.5) is 0 Å². The molecule has 0 bridgehead atoms. The number of Topliss-reactive ketones (excluding diaryl/α,β-unsaturated/α-hetero) is 1. The van der Waals surface area contributed by atoms with Crippen LogP contribution in [0, 0.1) is 5.92 Å². The second-order valence-electron chi connectivity index (χ2n) is 5.34. The number of fused-ring (bicyclic) bond motifs is 1. The summed E-state index contributed by atoms with van der Waals surface area (Å²) in [4.78, 5) is 15.8. The predicted octanol–water partition coefficient (Wildman–Crippen LogP) is 3.34. The molecular formula is C16H19NO2. The van der Waals surface area contributed by atoms with Gasteiger partial charge in [0.1, 0.15) is 0 Å². The maximum Gasteiger partial charge on any atom is 0.170 e. The summed E-state index contributed by atoms with van der Waals surface area (Å²) in [6, 6.07) is 6.16. The lowest BCUT2D eigenvalue weighted by atomic mass is 9.94. The van der Waals surface area contributed by atoms with Crippen LogP contribution in [0.2, 0.25) is 0 Å². The molecule has 2 heterocycles. The van der Waals surface area contributed by atoms with E-state index in [-0.39, 0.29) is 17.8 Å². The Hall–Kier alpha value is -1.61. The molecule has 1 saturated heterocycles. The Morgan fingerprint density at radius 1 is 1.47 bits per heavy atom. The Balaban J connectivity index is 1.99. The molecule has 2 unspecified atom stereocenters. The number of carbonyl (C=O) groups is 1. The summed E-state index contributed by atoms with van der Waals surface area (Å²) in [6.45, 7) is 4.71. The number of H-pyrrole nitrogens is 1. The molecule has 1 N–H and O–H groups in total. The van der Waals surface area contributed by atoms with Gasteiger partial charge in [0.25, 0.3) is 0 Å². The molecule has 1 aliphatic rings. The van der Waals surface area contributed by atoms with Crippen LogP contribution in [0.5, 0.6) is 0 Å². The summed E-state index contributed by atoms with van der Waals surface area (Å²) in [5.74, 6) is 0.225. The van der Waals surface area contributed by atoms with Crippen LogP contribution in [0.3, 0.4) is 0 Å². The number of benzene rings is 1. The molecule has 3 nitrogen and oxygen atoms in total. The van der Waals surface area contributed by atoms with Crippen LogP contribution in [-0.2, 0) is 11.2 Å². The van der Waals surface area contributed by atoms with E-state index in [1.54, 1.807) is 0 Å². The predicted molar refractivity (Wildman–Crippen MR) is 75.5 cm³/mol. The lowest BCUT2D eigenvalue weighted by molar-refractivity contribution is 0.0879. The Kier molecular flexibility index (Phi) is 3.15. The van der Waals surface area contributed by atoms with Gasteiger partial charge in [0.2, 0.25) is 0 Å². The van der Waals surface area contributed by atoms with Crippen LogP contribution in [-0.4, -0.2) is 23.5 Å². The summed E-state index contributed by atoms with van der Waals surface area (Å²) in [5.41, 5.74) is 3.17. The van der Waals surface area contributed by atoms with Gasteiger partial charge in [-0.15, -0.1) is 0 Å². The maximum absolute atomic E-state index is 12.6. The largest absolute Gasteiger partial charge is 0.378 e. The van der Waals surface area contributed by atoms with Crippen molar-refractivity contribution in [3.05, 3.63) is 35.5 Å². The molecule has 0 spiro atoms. The first kappa shape index (κ1) is 12.4. The summed E-state index contributed by atoms with van der Waals surface area (Å²) >= 11 is 0. The van der Waals surface area contributed by atoms with Crippen molar-refractivity contribution >= 4 is 16.7 Å². The third-order valence-corrected chi connectivity index (χ3v) is 4.02. The third-order valence-electron chi connectivity index (χ3n) is 4.02. The van der Waals surface area contributed by atoms with Crippen molar-refractivity contribution in [1.82, 2.24) is 4.98 Å². The van der Waals surface area contributed by atoms with Gasteiger partial charge in [-0.25, -0.2) is 0 Å². The van der Waals surface area contributed by atoms with E-state index >= 15 is 0 Å². The number of ketones is 1. The van der Waals surface area contributed by atoms with Gasteiger partial charge in [-0.05, 0) is 25.3 Å². The topological polar surface area (TPSA) is 42.1 Å². The van der Waals surface area contributed by atoms with Gasteiger partial charge in [-0.2, -0.15) is 0 Å². The smallest absolute Gasteiger partial charge is 0.170 e. The Morgan fingerprint density at radius 2 is 2.32 bits per heavy atom. The maximum atomic E-state index is 12.6. The lowest BCUT2D eigenvalue weighted by Crippen LogP contribution is -2.14. The number of ether oxygens (including phenoxy) is 1. The minimum atomic E-state index is 0.0132. The van der Waals surface area contributed by atoms with Crippen LogP contribution < -0.4 is 0 Å². The van der Waals surface area contributed by atoms with Crippen molar-refractivity contribution in [2.24, 2.45) is 5.92 Å². The monoisotopic (exact) mass is 257 g/mol. The number of nitrogens with one attached hydrogen (secondary N) is 1. The van der Waals surface area contributed by atoms with Crippen LogP contribution in [0.15, 0.2) is 24.4 Å². The molecule has 1 fully saturated rings. The van der Waals surface area contributed by atoms with Gasteiger partial charge in [-0.1, -0.05) is 25.1 Å². The van der Waals surface area contributed by atoms with Crippen LogP contribution >= 0.6 is 0 Å². The van der Waals surface area contributed by atoms with Gasteiger partial charge in [-0.3, -0.25) is 4.79 Å². The molecule has 1 aromatic heterocycles. The van der Waals surface area contributed by atoms with Gasteiger partial charge in [0.15, 0.2) is 5.78 Å². The fraction of sp³-hybridized carbons (Fsp3) is 0.438. The fourth-order valence-corrected chi connectivity index (χ4v) is 2.94. The molecular weight excluding hydrogens is 238 g/mol. The average Bonchev–Trinajstić information content (AvgIpc) is 3.03. The van der Waals surface area contributed by atoms with Gasteiger partial charge < -0.3 is 9.72 Å². The number of aryl methyl sites for hydroxylation is 1. The van der Waals surface area contributed by atoms with Crippen molar-refractivity contribution in [1.29, 1.82) is 0 Å². The van der Waals surface area contributed by atoms with Gasteiger partial charge >= 0.3 is 0 Å². The molecule has 2 atom stereocenters. The minimum Gasteiger partial charge on any atom is -0.378 e. The summed E-state index contributed by atoms with van der Waals surface area (Å²) < 4.78 is 5.51. The summed E-state index contributed by atoms with van der Waals surface area (Å²) in [7, 11) is 0. The molecule has 2 aromatic rings. The zero-order valence-corrected chi connectivity index (χ0v) is 11.4.